The van der Waals surface area contributed by atoms with Crippen molar-refractivity contribution in [2.24, 2.45) is 0 Å². The zero-order chi connectivity index (χ0) is 17.8. The van der Waals surface area contributed by atoms with Gasteiger partial charge in [0.2, 0.25) is 0 Å². The molecule has 0 aliphatic heterocycles. The standard InChI is InChI=1S/C20H15ClN2OS.U/c1-13-9-14(12-25-13)10-18(20(24)16-3-2-8-23-11-16)19(22)15-4-6-17(21)7-5-15;/h2-9,11-12,20,24H,1H3;/q-2;+2. The molecule has 6 heteroatoms. The molecular formula is C20H15ClN2OSU. The summed E-state index contributed by atoms with van der Waals surface area (Å²) in [4.78, 5) is 5.16. The summed E-state index contributed by atoms with van der Waals surface area (Å²) in [5.41, 5.74) is 2.19. The number of thiophene rings is 1. The van der Waals surface area contributed by atoms with Crippen molar-refractivity contribution >= 4 is 28.6 Å². The molecule has 0 saturated carbocycles. The number of aryl methyl sites for hydroxylation is 1. The Kier molecular flexibility index (Phi) is 7.82. The van der Waals surface area contributed by atoms with Crippen LogP contribution in [0, 0.1) is 44.1 Å². The Morgan fingerprint density at radius 2 is 2.00 bits per heavy atom. The predicted octanol–water partition coefficient (Wildman–Crippen LogP) is 4.97. The number of pyridine rings is 1. The van der Waals surface area contributed by atoms with Gasteiger partial charge in [0, 0.05) is 23.0 Å². The summed E-state index contributed by atoms with van der Waals surface area (Å²) in [5, 5.41) is 24.1. The minimum absolute atomic E-state index is 0. The van der Waals surface area contributed by atoms with E-state index in [1.165, 1.54) is 0 Å². The molecular weight excluding hydrogens is 590 g/mol. The van der Waals surface area contributed by atoms with Crippen molar-refractivity contribution in [1.82, 2.24) is 4.98 Å². The van der Waals surface area contributed by atoms with E-state index < -0.39 is 6.10 Å². The van der Waals surface area contributed by atoms with Crippen LogP contribution >= 0.6 is 22.9 Å². The van der Waals surface area contributed by atoms with Gasteiger partial charge in [0.15, 0.2) is 0 Å². The van der Waals surface area contributed by atoms with Gasteiger partial charge in [-0.2, -0.15) is 0 Å². The minimum atomic E-state index is -1.05. The Labute approximate surface area is 185 Å². The number of rotatable bonds is 5. The first-order chi connectivity index (χ1) is 12.0. The van der Waals surface area contributed by atoms with Gasteiger partial charge in [-0.3, -0.25) is 4.98 Å². The number of hydrogen-bond donors (Lipinski definition) is 1. The van der Waals surface area contributed by atoms with Crippen LogP contribution in [0.1, 0.15) is 27.7 Å². The summed E-state index contributed by atoms with van der Waals surface area (Å²) in [6.07, 6.45) is 5.29. The molecule has 2 heterocycles. The van der Waals surface area contributed by atoms with Crippen LogP contribution in [0.4, 0.5) is 0 Å². The SMILES string of the molecule is Cc1cc([C-]=C(C(=[N-])c2ccc(Cl)cc2)C(O)c2cccnc2)cs1.[U+2]. The normalized spacial score (nSPS) is 12.3. The van der Waals surface area contributed by atoms with Gasteiger partial charge in [-0.1, -0.05) is 40.7 Å². The fraction of sp³-hybridized carbons (Fsp3) is 0.100. The average molecular weight is 605 g/mol. The maximum absolute atomic E-state index is 10.8. The summed E-state index contributed by atoms with van der Waals surface area (Å²) in [6, 6.07) is 12.2. The van der Waals surface area contributed by atoms with Gasteiger partial charge in [0.05, 0.1) is 6.10 Å². The van der Waals surface area contributed by atoms with Gasteiger partial charge < -0.3 is 10.5 Å². The summed E-state index contributed by atoms with van der Waals surface area (Å²) in [5.74, 6) is 0. The smallest absolute Gasteiger partial charge is 0.854 e. The maximum atomic E-state index is 10.8. The van der Waals surface area contributed by atoms with Crippen LogP contribution in [0.25, 0.3) is 5.41 Å². The van der Waals surface area contributed by atoms with Crippen LogP contribution in [-0.4, -0.2) is 15.8 Å². The molecule has 0 amide bonds. The van der Waals surface area contributed by atoms with E-state index in [1.807, 2.05) is 18.4 Å². The molecule has 1 unspecified atom stereocenters. The Hall–Kier alpha value is -1.22. The van der Waals surface area contributed by atoms with Gasteiger partial charge in [0.25, 0.3) is 0 Å². The molecule has 0 saturated heterocycles. The van der Waals surface area contributed by atoms with Crippen LogP contribution < -0.4 is 0 Å². The molecule has 1 aromatic carbocycles. The number of aliphatic hydroxyl groups is 1. The third kappa shape index (κ3) is 5.16. The zero-order valence-corrected chi connectivity index (χ0v) is 19.7. The average Bonchev–Trinajstić information content (AvgIpc) is 3.05. The molecule has 3 rings (SSSR count). The molecule has 0 fully saturated rings. The van der Waals surface area contributed by atoms with E-state index in [2.05, 4.69) is 11.1 Å². The van der Waals surface area contributed by atoms with Crippen molar-refractivity contribution in [1.29, 1.82) is 0 Å². The Bertz CT molecular complexity index is 907. The van der Waals surface area contributed by atoms with Gasteiger partial charge in [-0.05, 0) is 30.0 Å². The van der Waals surface area contributed by atoms with Crippen LogP contribution in [0.3, 0.4) is 0 Å². The van der Waals surface area contributed by atoms with Crippen molar-refractivity contribution in [3.8, 4) is 0 Å². The predicted molar refractivity (Wildman–Crippen MR) is 103 cm³/mol. The topological polar surface area (TPSA) is 55.4 Å². The molecule has 3 nitrogen and oxygen atoms in total. The minimum Gasteiger partial charge on any atom is -0.854 e. The molecule has 0 aliphatic carbocycles. The van der Waals surface area contributed by atoms with Crippen LogP contribution in [-0.2, 0) is 0 Å². The summed E-state index contributed by atoms with van der Waals surface area (Å²) >= 11 is 7.50. The Morgan fingerprint density at radius 3 is 2.58 bits per heavy atom. The first-order valence-electron chi connectivity index (χ1n) is 7.64. The second-order valence-electron chi connectivity index (χ2n) is 5.53. The zero-order valence-electron chi connectivity index (χ0n) is 14.0. The van der Waals surface area contributed by atoms with Gasteiger partial charge in [0.1, 0.15) is 0 Å². The van der Waals surface area contributed by atoms with E-state index >= 15 is 0 Å². The van der Waals surface area contributed by atoms with Crippen molar-refractivity contribution in [2.75, 3.05) is 0 Å². The number of hydrogen-bond acceptors (Lipinski definition) is 3. The van der Waals surface area contributed by atoms with E-state index in [4.69, 9.17) is 11.6 Å². The summed E-state index contributed by atoms with van der Waals surface area (Å²) in [7, 11) is 0. The van der Waals surface area contributed by atoms with E-state index in [1.54, 1.807) is 60.1 Å². The van der Waals surface area contributed by atoms with Crippen molar-refractivity contribution in [3.63, 3.8) is 0 Å². The monoisotopic (exact) mass is 604 g/mol. The molecule has 0 spiro atoms. The van der Waals surface area contributed by atoms with E-state index in [0.717, 1.165) is 10.4 Å². The molecule has 1 N–H and O–H groups in total. The van der Waals surface area contributed by atoms with Crippen LogP contribution in [0.15, 0.2) is 65.8 Å². The van der Waals surface area contributed by atoms with Gasteiger partial charge in [-0.25, -0.2) is 17.0 Å². The van der Waals surface area contributed by atoms with Gasteiger partial charge in [-0.15, -0.1) is 23.3 Å². The third-order valence-electron chi connectivity index (χ3n) is 3.66. The molecule has 26 heavy (non-hydrogen) atoms. The Morgan fingerprint density at radius 1 is 1.27 bits per heavy atom. The number of halogens is 1. The quantitative estimate of drug-likeness (QED) is 0.330. The van der Waals surface area contributed by atoms with Crippen LogP contribution in [0.5, 0.6) is 0 Å². The number of aromatic nitrogens is 1. The van der Waals surface area contributed by atoms with Crippen LogP contribution in [0.2, 0.25) is 5.02 Å². The van der Waals surface area contributed by atoms with Gasteiger partial charge >= 0.3 is 31.1 Å². The number of nitrogens with zero attached hydrogens (tertiary/aromatic N) is 2. The largest absolute Gasteiger partial charge is 2.00 e. The third-order valence-corrected chi connectivity index (χ3v) is 4.77. The first-order valence-corrected chi connectivity index (χ1v) is 8.89. The van der Waals surface area contributed by atoms with E-state index in [9.17, 15) is 10.5 Å². The maximum Gasteiger partial charge on any atom is 2.00 e. The fourth-order valence-corrected chi connectivity index (χ4v) is 3.15. The molecule has 0 radical (unpaired) electrons. The summed E-state index contributed by atoms with van der Waals surface area (Å²) < 4.78 is 0. The summed E-state index contributed by atoms with van der Waals surface area (Å²) in [6.45, 7) is 2.00. The molecule has 1 atom stereocenters. The molecule has 3 aromatic rings. The van der Waals surface area contributed by atoms with E-state index in [-0.39, 0.29) is 42.4 Å². The van der Waals surface area contributed by atoms with Crippen molar-refractivity contribution in [3.05, 3.63) is 104 Å². The van der Waals surface area contributed by atoms with E-state index in [0.29, 0.717) is 16.1 Å². The van der Waals surface area contributed by atoms with Crippen molar-refractivity contribution in [2.45, 2.75) is 13.0 Å². The molecule has 0 aliphatic rings. The fourth-order valence-electron chi connectivity index (χ4n) is 2.39. The second kappa shape index (κ2) is 9.64. The van der Waals surface area contributed by atoms with Crippen molar-refractivity contribution < 1.29 is 36.2 Å². The first kappa shape index (κ1) is 21.1. The Balaban J connectivity index is 0.00000243. The molecule has 128 valence electrons. The number of benzene rings is 1. The molecule has 2 aromatic heterocycles. The molecule has 0 bridgehead atoms. The second-order valence-corrected chi connectivity index (χ2v) is 7.08. The number of aliphatic hydroxyl groups excluding tert-OH is 1.